The highest BCUT2D eigenvalue weighted by atomic mass is 32.1. The van der Waals surface area contributed by atoms with Gasteiger partial charge in [-0.3, -0.25) is 4.99 Å². The van der Waals surface area contributed by atoms with E-state index < -0.39 is 0 Å². The van der Waals surface area contributed by atoms with Crippen LogP contribution in [0, 0.1) is 6.92 Å². The molecule has 2 N–H and O–H groups in total. The van der Waals surface area contributed by atoms with E-state index >= 15 is 0 Å². The summed E-state index contributed by atoms with van der Waals surface area (Å²) < 4.78 is 16.2. The maximum atomic E-state index is 5.50. The van der Waals surface area contributed by atoms with Gasteiger partial charge in [0, 0.05) is 37.5 Å². The number of thiazole rings is 1. The van der Waals surface area contributed by atoms with Crippen LogP contribution in [-0.2, 0) is 13.0 Å². The lowest BCUT2D eigenvalue weighted by atomic mass is 10.1. The Hall–Kier alpha value is -2.48. The van der Waals surface area contributed by atoms with Crippen molar-refractivity contribution in [3.8, 4) is 17.2 Å². The van der Waals surface area contributed by atoms with Crippen LogP contribution >= 0.6 is 11.3 Å². The predicted molar refractivity (Wildman–Crippen MR) is 105 cm³/mol. The van der Waals surface area contributed by atoms with Gasteiger partial charge in [-0.25, -0.2) is 4.98 Å². The number of nitrogens with one attached hydrogen (secondary N) is 2. The Labute approximate surface area is 158 Å². The highest BCUT2D eigenvalue weighted by Crippen LogP contribution is 2.39. The highest BCUT2D eigenvalue weighted by molar-refractivity contribution is 7.09. The minimum atomic E-state index is 0.541. The lowest BCUT2D eigenvalue weighted by Crippen LogP contribution is -2.38. The fourth-order valence-corrected chi connectivity index (χ4v) is 3.18. The molecule has 2 rings (SSSR count). The quantitative estimate of drug-likeness (QED) is 0.543. The molecule has 8 heteroatoms. The van der Waals surface area contributed by atoms with Crippen LogP contribution in [0.15, 0.2) is 22.5 Å². The average Bonchev–Trinajstić information content (AvgIpc) is 3.08. The van der Waals surface area contributed by atoms with E-state index in [1.54, 1.807) is 39.7 Å². The molecule has 1 aromatic heterocycles. The Morgan fingerprint density at radius 3 is 2.46 bits per heavy atom. The summed E-state index contributed by atoms with van der Waals surface area (Å²) in [6, 6.07) is 3.80. The zero-order chi connectivity index (χ0) is 18.9. The summed E-state index contributed by atoms with van der Waals surface area (Å²) in [7, 11) is 6.56. The summed E-state index contributed by atoms with van der Waals surface area (Å²) in [4.78, 5) is 8.71. The smallest absolute Gasteiger partial charge is 0.203 e. The van der Waals surface area contributed by atoms with Crippen LogP contribution in [0.2, 0.25) is 0 Å². The van der Waals surface area contributed by atoms with Crippen LogP contribution in [0.25, 0.3) is 0 Å². The highest BCUT2D eigenvalue weighted by Gasteiger charge is 2.15. The summed E-state index contributed by atoms with van der Waals surface area (Å²) >= 11 is 1.67. The molecule has 2 aromatic rings. The van der Waals surface area contributed by atoms with Crippen molar-refractivity contribution in [2.24, 2.45) is 4.99 Å². The van der Waals surface area contributed by atoms with Gasteiger partial charge in [-0.15, -0.1) is 11.3 Å². The molecule has 0 aliphatic heterocycles. The van der Waals surface area contributed by atoms with Crippen molar-refractivity contribution in [3.63, 3.8) is 0 Å². The van der Waals surface area contributed by atoms with Gasteiger partial charge in [0.25, 0.3) is 0 Å². The Morgan fingerprint density at radius 1 is 1.12 bits per heavy atom. The van der Waals surface area contributed by atoms with Crippen molar-refractivity contribution in [1.29, 1.82) is 0 Å². The van der Waals surface area contributed by atoms with E-state index in [4.69, 9.17) is 14.2 Å². The van der Waals surface area contributed by atoms with Crippen LogP contribution in [0.5, 0.6) is 17.2 Å². The molecule has 0 amide bonds. The molecule has 0 fully saturated rings. The molecule has 0 aliphatic carbocycles. The number of nitrogens with zero attached hydrogens (tertiary/aromatic N) is 2. The molecule has 0 aliphatic rings. The zero-order valence-corrected chi connectivity index (χ0v) is 16.7. The van der Waals surface area contributed by atoms with Crippen LogP contribution in [-0.4, -0.2) is 45.9 Å². The maximum absolute atomic E-state index is 5.50. The number of hydrogen-bond acceptors (Lipinski definition) is 6. The van der Waals surface area contributed by atoms with Crippen molar-refractivity contribution in [3.05, 3.63) is 33.8 Å². The summed E-state index contributed by atoms with van der Waals surface area (Å²) in [6.07, 6.45) is 0.852. The summed E-state index contributed by atoms with van der Waals surface area (Å²) in [5.74, 6) is 2.58. The third kappa shape index (κ3) is 5.01. The van der Waals surface area contributed by atoms with E-state index in [0.717, 1.165) is 29.2 Å². The Morgan fingerprint density at radius 2 is 1.88 bits per heavy atom. The third-order valence-electron chi connectivity index (χ3n) is 3.80. The molecule has 1 heterocycles. The summed E-state index contributed by atoms with van der Waals surface area (Å²) in [5, 5.41) is 9.75. The van der Waals surface area contributed by atoms with Gasteiger partial charge in [-0.2, -0.15) is 0 Å². The molecule has 0 saturated carbocycles. The van der Waals surface area contributed by atoms with Gasteiger partial charge in [0.1, 0.15) is 0 Å². The van der Waals surface area contributed by atoms with E-state index in [2.05, 4.69) is 26.0 Å². The third-order valence-corrected chi connectivity index (χ3v) is 4.62. The first kappa shape index (κ1) is 19.8. The van der Waals surface area contributed by atoms with E-state index in [1.807, 2.05) is 19.1 Å². The molecule has 0 radical (unpaired) electrons. The molecule has 7 nitrogen and oxygen atoms in total. The Bertz CT molecular complexity index is 746. The van der Waals surface area contributed by atoms with Crippen LogP contribution < -0.4 is 24.8 Å². The number of ether oxygens (including phenoxy) is 3. The number of guanidine groups is 1. The van der Waals surface area contributed by atoms with Crippen molar-refractivity contribution >= 4 is 17.3 Å². The normalized spacial score (nSPS) is 11.2. The van der Waals surface area contributed by atoms with E-state index in [9.17, 15) is 0 Å². The van der Waals surface area contributed by atoms with Gasteiger partial charge in [-0.05, 0) is 19.1 Å². The molecule has 26 heavy (non-hydrogen) atoms. The molecular weight excluding hydrogens is 352 g/mol. The zero-order valence-electron chi connectivity index (χ0n) is 15.9. The van der Waals surface area contributed by atoms with Gasteiger partial charge in [0.2, 0.25) is 5.75 Å². The number of aromatic nitrogens is 1. The maximum Gasteiger partial charge on any atom is 0.203 e. The predicted octanol–water partition coefficient (Wildman–Crippen LogP) is 2.39. The first-order chi connectivity index (χ1) is 12.6. The fourth-order valence-electron chi connectivity index (χ4n) is 2.53. The average molecular weight is 378 g/mol. The second kappa shape index (κ2) is 9.86. The molecule has 0 atom stereocenters. The van der Waals surface area contributed by atoms with Gasteiger partial charge < -0.3 is 24.8 Å². The summed E-state index contributed by atoms with van der Waals surface area (Å²) in [5.41, 5.74) is 2.04. The number of aryl methyl sites for hydroxylation is 1. The minimum absolute atomic E-state index is 0.541. The first-order valence-corrected chi connectivity index (χ1v) is 9.14. The van der Waals surface area contributed by atoms with Crippen LogP contribution in [0.4, 0.5) is 0 Å². The second-order valence-corrected chi connectivity index (χ2v) is 6.52. The van der Waals surface area contributed by atoms with E-state index in [1.165, 1.54) is 0 Å². The lowest BCUT2D eigenvalue weighted by molar-refractivity contribution is 0.322. The second-order valence-electron chi connectivity index (χ2n) is 5.45. The largest absolute Gasteiger partial charge is 0.493 e. The number of aliphatic imine (C=N–C) groups is 1. The minimum Gasteiger partial charge on any atom is -0.493 e. The summed E-state index contributed by atoms with van der Waals surface area (Å²) in [6.45, 7) is 3.31. The van der Waals surface area contributed by atoms with Crippen molar-refractivity contribution in [1.82, 2.24) is 15.6 Å². The molecule has 0 saturated heterocycles. The van der Waals surface area contributed by atoms with Crippen LogP contribution in [0.1, 0.15) is 16.3 Å². The monoisotopic (exact) mass is 378 g/mol. The van der Waals surface area contributed by atoms with Gasteiger partial charge >= 0.3 is 0 Å². The number of hydrogen-bond donors (Lipinski definition) is 2. The molecule has 0 unspecified atom stereocenters. The van der Waals surface area contributed by atoms with E-state index in [-0.39, 0.29) is 0 Å². The number of benzene rings is 1. The molecular formula is C18H26N4O3S. The van der Waals surface area contributed by atoms with Crippen molar-refractivity contribution in [2.45, 2.75) is 19.9 Å². The molecule has 1 aromatic carbocycles. The van der Waals surface area contributed by atoms with Crippen molar-refractivity contribution < 1.29 is 14.2 Å². The van der Waals surface area contributed by atoms with Gasteiger partial charge in [-0.1, -0.05) is 0 Å². The SMILES string of the molecule is CN=C(NCCc1csc(C)n1)NCc1ccc(OC)c(OC)c1OC. The van der Waals surface area contributed by atoms with Crippen molar-refractivity contribution in [2.75, 3.05) is 34.9 Å². The first-order valence-electron chi connectivity index (χ1n) is 8.26. The number of rotatable bonds is 8. The Balaban J connectivity index is 1.95. The molecule has 142 valence electrons. The fraction of sp³-hybridized carbons (Fsp3) is 0.444. The standard InChI is InChI=1S/C18H26N4O3S/c1-12-22-14(11-26-12)8-9-20-18(19-2)21-10-13-6-7-15(23-3)17(25-5)16(13)24-4/h6-7,11H,8-10H2,1-5H3,(H2,19,20,21). The topological polar surface area (TPSA) is 77.0 Å². The number of methoxy groups -OCH3 is 3. The van der Waals surface area contributed by atoms with Gasteiger partial charge in [0.05, 0.1) is 32.0 Å². The Kier molecular flexibility index (Phi) is 7.53. The van der Waals surface area contributed by atoms with E-state index in [0.29, 0.717) is 29.8 Å². The molecule has 0 spiro atoms. The molecule has 0 bridgehead atoms. The van der Waals surface area contributed by atoms with Gasteiger partial charge in [0.15, 0.2) is 17.5 Å². The lowest BCUT2D eigenvalue weighted by Gasteiger charge is -2.17. The van der Waals surface area contributed by atoms with Crippen LogP contribution in [0.3, 0.4) is 0 Å².